The summed E-state index contributed by atoms with van der Waals surface area (Å²) in [6.07, 6.45) is 1.29. The molecule has 0 amide bonds. The van der Waals surface area contributed by atoms with E-state index in [1.807, 2.05) is 62.4 Å². The summed E-state index contributed by atoms with van der Waals surface area (Å²) >= 11 is 0. The highest BCUT2D eigenvalue weighted by Gasteiger charge is 2.37. The quantitative estimate of drug-likeness (QED) is 0.438. The summed E-state index contributed by atoms with van der Waals surface area (Å²) < 4.78 is 39.0. The molecule has 0 bridgehead atoms. The highest BCUT2D eigenvalue weighted by atomic mass is 16.3. The van der Waals surface area contributed by atoms with E-state index in [9.17, 15) is 0 Å². The normalized spacial score (nSPS) is 21.5. The van der Waals surface area contributed by atoms with Gasteiger partial charge in [0.05, 0.1) is 18.4 Å². The van der Waals surface area contributed by atoms with E-state index in [-0.39, 0.29) is 0 Å². The molecule has 136 valence electrons. The Hall–Kier alpha value is -3.01. The zero-order chi connectivity index (χ0) is 22.1. The topological polar surface area (TPSA) is 32.5 Å². The molecule has 27 heavy (non-hydrogen) atoms. The first-order chi connectivity index (χ1) is 14.6. The fourth-order valence-electron chi connectivity index (χ4n) is 4.22. The maximum Gasteiger partial charge on any atom is 0.227 e. The van der Waals surface area contributed by atoms with Crippen molar-refractivity contribution in [2.75, 3.05) is 9.80 Å². The van der Waals surface area contributed by atoms with Crippen molar-refractivity contribution >= 4 is 39.1 Å². The first kappa shape index (κ1) is 12.4. The molecule has 2 aromatic heterocycles. The molecule has 1 aliphatic rings. The monoisotopic (exact) mass is 361 g/mol. The van der Waals surface area contributed by atoms with Crippen LogP contribution in [0.2, 0.25) is 0 Å². The van der Waals surface area contributed by atoms with Crippen molar-refractivity contribution in [3.8, 4) is 0 Å². The third-order valence-corrected chi connectivity index (χ3v) is 5.34. The van der Waals surface area contributed by atoms with Gasteiger partial charge in [-0.05, 0) is 57.5 Å². The SMILES string of the molecule is [2H]C([2H])([2H])C([2H])(C)N1c2ccccc2N(c2c(C)ccc3c2oc2ncccc23)C1C. The van der Waals surface area contributed by atoms with Gasteiger partial charge < -0.3 is 14.2 Å². The van der Waals surface area contributed by atoms with E-state index in [1.165, 1.54) is 6.92 Å². The number of aryl methyl sites for hydroxylation is 1. The van der Waals surface area contributed by atoms with Gasteiger partial charge in [-0.2, -0.15) is 0 Å². The van der Waals surface area contributed by atoms with Crippen LogP contribution in [0.3, 0.4) is 0 Å². The zero-order valence-electron chi connectivity index (χ0n) is 19.5. The average molecular weight is 361 g/mol. The summed E-state index contributed by atoms with van der Waals surface area (Å²) in [4.78, 5) is 8.12. The number of benzene rings is 2. The number of pyridine rings is 1. The van der Waals surface area contributed by atoms with Gasteiger partial charge >= 0.3 is 0 Å². The molecule has 2 atom stereocenters. The molecule has 2 aromatic carbocycles. The van der Waals surface area contributed by atoms with Gasteiger partial charge in [-0.3, -0.25) is 0 Å². The summed E-state index contributed by atoms with van der Waals surface area (Å²) in [7, 11) is 0. The second-order valence-electron chi connectivity index (χ2n) is 7.01. The first-order valence-electron chi connectivity index (χ1n) is 11.1. The lowest BCUT2D eigenvalue weighted by atomic mass is 10.1. The number of aromatic nitrogens is 1. The van der Waals surface area contributed by atoms with Crippen LogP contribution in [0.5, 0.6) is 0 Å². The molecule has 4 aromatic rings. The maximum absolute atomic E-state index is 8.80. The van der Waals surface area contributed by atoms with Crippen molar-refractivity contribution in [2.24, 2.45) is 0 Å². The molecule has 1 aliphatic heterocycles. The maximum atomic E-state index is 8.80. The molecule has 2 unspecified atom stereocenters. The Bertz CT molecular complexity index is 1310. The van der Waals surface area contributed by atoms with Crippen LogP contribution < -0.4 is 9.80 Å². The molecule has 0 radical (unpaired) electrons. The van der Waals surface area contributed by atoms with Crippen LogP contribution in [0.25, 0.3) is 22.1 Å². The first-order valence-corrected chi connectivity index (χ1v) is 9.07. The number of furan rings is 1. The lowest BCUT2D eigenvalue weighted by Gasteiger charge is -2.33. The van der Waals surface area contributed by atoms with Gasteiger partial charge in [0, 0.05) is 27.1 Å². The van der Waals surface area contributed by atoms with Crippen molar-refractivity contribution in [3.05, 3.63) is 60.3 Å². The standard InChI is InChI=1S/C23H23N3O/c1-14(2)25-16(4)26(20-10-6-5-9-19(20)25)21-15(3)11-12-17-18-8-7-13-24-23(18)27-22(17)21/h5-14,16H,1-4H3/i1D3,14D. The molecule has 3 heterocycles. The van der Waals surface area contributed by atoms with Crippen LogP contribution >= 0.6 is 0 Å². The minimum Gasteiger partial charge on any atom is -0.435 e. The zero-order valence-corrected chi connectivity index (χ0v) is 15.5. The Morgan fingerprint density at radius 1 is 1.11 bits per heavy atom. The Balaban J connectivity index is 1.79. The molecular formula is C23H23N3O. The van der Waals surface area contributed by atoms with Crippen molar-refractivity contribution in [1.29, 1.82) is 0 Å². The van der Waals surface area contributed by atoms with Crippen LogP contribution in [0.15, 0.2) is 59.1 Å². The van der Waals surface area contributed by atoms with E-state index in [0.29, 0.717) is 17.0 Å². The lowest BCUT2D eigenvalue weighted by molar-refractivity contribution is 0.602. The molecule has 0 N–H and O–H groups in total. The molecule has 0 spiro atoms. The van der Waals surface area contributed by atoms with E-state index >= 15 is 0 Å². The number of para-hydroxylation sites is 2. The fraction of sp³-hybridized carbons (Fsp3) is 0.261. The summed E-state index contributed by atoms with van der Waals surface area (Å²) in [5.74, 6) is 0. The minimum atomic E-state index is -2.49. The van der Waals surface area contributed by atoms with E-state index < -0.39 is 19.0 Å². The van der Waals surface area contributed by atoms with E-state index in [0.717, 1.165) is 27.7 Å². The van der Waals surface area contributed by atoms with Crippen LogP contribution in [-0.4, -0.2) is 17.2 Å². The van der Waals surface area contributed by atoms with Gasteiger partial charge in [-0.15, -0.1) is 0 Å². The molecule has 4 nitrogen and oxygen atoms in total. The molecule has 4 heteroatoms. The number of anilines is 3. The van der Waals surface area contributed by atoms with Gasteiger partial charge in [-0.25, -0.2) is 4.98 Å². The molecule has 0 saturated heterocycles. The van der Waals surface area contributed by atoms with Crippen molar-refractivity contribution in [2.45, 2.75) is 39.8 Å². The Kier molecular flexibility index (Phi) is 2.64. The van der Waals surface area contributed by atoms with Crippen LogP contribution in [0.4, 0.5) is 17.1 Å². The number of fused-ring (bicyclic) bond motifs is 4. The average Bonchev–Trinajstić information content (AvgIpc) is 3.22. The smallest absolute Gasteiger partial charge is 0.227 e. The van der Waals surface area contributed by atoms with Crippen molar-refractivity contribution in [1.82, 2.24) is 4.98 Å². The lowest BCUT2D eigenvalue weighted by Crippen LogP contribution is -2.42. The molecule has 0 aliphatic carbocycles. The summed E-state index contributed by atoms with van der Waals surface area (Å²) in [6.45, 7) is 2.90. The highest BCUT2D eigenvalue weighted by Crippen LogP contribution is 2.48. The third-order valence-electron chi connectivity index (χ3n) is 5.34. The Morgan fingerprint density at radius 3 is 2.74 bits per heavy atom. The third kappa shape index (κ3) is 2.19. The van der Waals surface area contributed by atoms with Crippen LogP contribution in [-0.2, 0) is 0 Å². The minimum absolute atomic E-state index is 0.411. The molecule has 0 saturated carbocycles. The number of rotatable bonds is 2. The van der Waals surface area contributed by atoms with Gasteiger partial charge in [0.2, 0.25) is 5.71 Å². The van der Waals surface area contributed by atoms with Crippen molar-refractivity contribution < 1.29 is 9.90 Å². The molecular weight excluding hydrogens is 334 g/mol. The van der Waals surface area contributed by atoms with Crippen LogP contribution in [0, 0.1) is 6.92 Å². The fourth-order valence-corrected chi connectivity index (χ4v) is 4.22. The van der Waals surface area contributed by atoms with Gasteiger partial charge in [0.1, 0.15) is 6.17 Å². The number of hydrogen-bond acceptors (Lipinski definition) is 4. The second-order valence-corrected chi connectivity index (χ2v) is 7.01. The van der Waals surface area contributed by atoms with Crippen LogP contribution in [0.1, 0.15) is 31.7 Å². The summed E-state index contributed by atoms with van der Waals surface area (Å²) in [5.41, 5.74) is 4.69. The Labute approximate surface area is 164 Å². The van der Waals surface area contributed by atoms with E-state index in [1.54, 1.807) is 11.1 Å². The van der Waals surface area contributed by atoms with E-state index in [4.69, 9.17) is 9.90 Å². The van der Waals surface area contributed by atoms with Gasteiger partial charge in [0.25, 0.3) is 0 Å². The summed E-state index contributed by atoms with van der Waals surface area (Å²) in [5, 5.41) is 1.89. The summed E-state index contributed by atoms with van der Waals surface area (Å²) in [6, 6.07) is 13.8. The number of nitrogens with zero attached hydrogens (tertiary/aromatic N) is 3. The molecule has 0 fully saturated rings. The largest absolute Gasteiger partial charge is 0.435 e. The molecule has 5 rings (SSSR count). The van der Waals surface area contributed by atoms with E-state index in [2.05, 4.69) is 9.88 Å². The second kappa shape index (κ2) is 5.74. The van der Waals surface area contributed by atoms with Crippen molar-refractivity contribution in [3.63, 3.8) is 0 Å². The Morgan fingerprint density at radius 2 is 1.93 bits per heavy atom. The predicted octanol–water partition coefficient (Wildman–Crippen LogP) is 6.00. The van der Waals surface area contributed by atoms with Gasteiger partial charge in [-0.1, -0.05) is 24.3 Å². The predicted molar refractivity (Wildman–Crippen MR) is 112 cm³/mol. The van der Waals surface area contributed by atoms with Gasteiger partial charge in [0.15, 0.2) is 5.58 Å². The number of hydrogen-bond donors (Lipinski definition) is 0. The highest BCUT2D eigenvalue weighted by molar-refractivity contribution is 6.09.